The van der Waals surface area contributed by atoms with Crippen LogP contribution in [0, 0.1) is 11.5 Å². The highest BCUT2D eigenvalue weighted by Crippen LogP contribution is 1.96. The molecule has 0 aromatic rings. The molecule has 0 aliphatic heterocycles. The second-order valence-electron chi connectivity index (χ2n) is 3.61. The second-order valence-corrected chi connectivity index (χ2v) is 8.36. The van der Waals surface area contributed by atoms with Crippen LogP contribution in [0.2, 0.25) is 19.6 Å². The van der Waals surface area contributed by atoms with Gasteiger partial charge in [0.15, 0.2) is 0 Å². The fourth-order valence-electron chi connectivity index (χ4n) is 0.546. The molecule has 0 aromatic carbocycles. The molecule has 0 radical (unpaired) electrons. The number of ether oxygens (including phenoxy) is 1. The van der Waals surface area contributed by atoms with Gasteiger partial charge in [-0.2, -0.15) is 0 Å². The quantitative estimate of drug-likeness (QED) is 0.226. The summed E-state index contributed by atoms with van der Waals surface area (Å²) in [4.78, 5) is 15.6. The summed E-state index contributed by atoms with van der Waals surface area (Å²) in [5.41, 5.74) is 3.01. The standard InChI is InChI=1S/C9H15NO3Si/c1-12-9(11)8(10-13-2)6-7-14(3,4)5/h1-5H3. The molecule has 5 heteroatoms. The van der Waals surface area contributed by atoms with Crippen LogP contribution in [0.15, 0.2) is 5.16 Å². The van der Waals surface area contributed by atoms with Crippen molar-refractivity contribution in [1.29, 1.82) is 0 Å². The molecule has 0 aliphatic carbocycles. The highest BCUT2D eigenvalue weighted by Gasteiger charge is 2.12. The Morgan fingerprint density at radius 2 is 1.86 bits per heavy atom. The summed E-state index contributed by atoms with van der Waals surface area (Å²) in [5.74, 6) is 2.10. The molecule has 0 N–H and O–H groups in total. The van der Waals surface area contributed by atoms with Gasteiger partial charge in [-0.3, -0.25) is 0 Å². The van der Waals surface area contributed by atoms with Crippen LogP contribution >= 0.6 is 0 Å². The third-order valence-electron chi connectivity index (χ3n) is 1.12. The van der Waals surface area contributed by atoms with Crippen molar-refractivity contribution >= 4 is 19.8 Å². The van der Waals surface area contributed by atoms with Gasteiger partial charge in [0, 0.05) is 0 Å². The Kier molecular flexibility index (Phi) is 4.95. The third kappa shape index (κ3) is 5.38. The zero-order valence-corrected chi connectivity index (χ0v) is 10.2. The van der Waals surface area contributed by atoms with Gasteiger partial charge in [0.2, 0.25) is 5.71 Å². The number of esters is 1. The van der Waals surface area contributed by atoms with Crippen LogP contribution in [0.3, 0.4) is 0 Å². The maximum absolute atomic E-state index is 11.1. The number of carbonyl (C=O) groups is 1. The molecule has 0 fully saturated rings. The molecule has 14 heavy (non-hydrogen) atoms. The van der Waals surface area contributed by atoms with E-state index in [1.165, 1.54) is 14.2 Å². The lowest BCUT2D eigenvalue weighted by atomic mass is 10.4. The summed E-state index contributed by atoms with van der Waals surface area (Å²) in [7, 11) is 1.13. The van der Waals surface area contributed by atoms with E-state index in [1.807, 2.05) is 0 Å². The minimum Gasteiger partial charge on any atom is -0.464 e. The fourth-order valence-corrected chi connectivity index (χ4v) is 1.04. The number of hydrogen-bond acceptors (Lipinski definition) is 4. The predicted octanol–water partition coefficient (Wildman–Crippen LogP) is 1.04. The van der Waals surface area contributed by atoms with Gasteiger partial charge in [-0.1, -0.05) is 24.8 Å². The maximum atomic E-state index is 11.1. The lowest BCUT2D eigenvalue weighted by Gasteiger charge is -2.03. The molecule has 0 atom stereocenters. The molecular weight excluding hydrogens is 198 g/mol. The van der Waals surface area contributed by atoms with Gasteiger partial charge in [-0.15, -0.1) is 5.54 Å². The third-order valence-corrected chi connectivity index (χ3v) is 1.99. The first kappa shape index (κ1) is 12.7. The minimum atomic E-state index is -1.51. The molecule has 0 heterocycles. The molecule has 0 rings (SSSR count). The Morgan fingerprint density at radius 3 is 2.21 bits per heavy atom. The molecule has 0 spiro atoms. The summed E-state index contributed by atoms with van der Waals surface area (Å²) in [5, 5.41) is 3.49. The topological polar surface area (TPSA) is 47.9 Å². The molecule has 0 aliphatic rings. The van der Waals surface area contributed by atoms with E-state index in [-0.39, 0.29) is 5.71 Å². The van der Waals surface area contributed by atoms with Crippen molar-refractivity contribution in [2.45, 2.75) is 19.6 Å². The summed E-state index contributed by atoms with van der Waals surface area (Å²) in [6, 6.07) is 0. The molecule has 78 valence electrons. The van der Waals surface area contributed by atoms with Gasteiger partial charge in [-0.25, -0.2) is 4.79 Å². The predicted molar refractivity (Wildman–Crippen MR) is 57.6 cm³/mol. The average Bonchev–Trinajstić information content (AvgIpc) is 2.09. The van der Waals surface area contributed by atoms with Crippen LogP contribution in [0.1, 0.15) is 0 Å². The lowest BCUT2D eigenvalue weighted by molar-refractivity contribution is -0.132. The van der Waals surface area contributed by atoms with Crippen molar-refractivity contribution < 1.29 is 14.4 Å². The Bertz CT molecular complexity index is 293. The van der Waals surface area contributed by atoms with Crippen LogP contribution < -0.4 is 0 Å². The Morgan fingerprint density at radius 1 is 1.29 bits per heavy atom. The van der Waals surface area contributed by atoms with E-state index in [9.17, 15) is 4.79 Å². The summed E-state index contributed by atoms with van der Waals surface area (Å²) in [6.45, 7) is 6.21. The Hall–Kier alpha value is -1.28. The minimum absolute atomic E-state index is 0.0115. The molecule has 0 unspecified atom stereocenters. The maximum Gasteiger partial charge on any atom is 0.368 e. The molecule has 0 amide bonds. The smallest absolute Gasteiger partial charge is 0.368 e. The highest BCUT2D eigenvalue weighted by molar-refractivity contribution is 6.84. The average molecular weight is 213 g/mol. The van der Waals surface area contributed by atoms with E-state index in [0.29, 0.717) is 0 Å². The Balaban J connectivity index is 4.77. The van der Waals surface area contributed by atoms with E-state index in [0.717, 1.165) is 0 Å². The van der Waals surface area contributed by atoms with Gasteiger partial charge in [0.25, 0.3) is 0 Å². The van der Waals surface area contributed by atoms with Gasteiger partial charge < -0.3 is 9.57 Å². The van der Waals surface area contributed by atoms with E-state index in [1.54, 1.807) is 0 Å². The van der Waals surface area contributed by atoms with Crippen molar-refractivity contribution in [3.8, 4) is 11.5 Å². The molecule has 4 nitrogen and oxygen atoms in total. The first-order valence-corrected chi connectivity index (χ1v) is 7.63. The van der Waals surface area contributed by atoms with E-state index < -0.39 is 14.0 Å². The highest BCUT2D eigenvalue weighted by atomic mass is 28.3. The normalized spacial score (nSPS) is 11.4. The van der Waals surface area contributed by atoms with Crippen molar-refractivity contribution in [1.82, 2.24) is 0 Å². The van der Waals surface area contributed by atoms with Crippen molar-refractivity contribution in [3.63, 3.8) is 0 Å². The number of carbonyl (C=O) groups excluding carboxylic acids is 1. The molecule has 0 aromatic heterocycles. The van der Waals surface area contributed by atoms with Crippen LogP contribution in [0.25, 0.3) is 0 Å². The van der Waals surface area contributed by atoms with Gasteiger partial charge in [0.05, 0.1) is 7.11 Å². The number of methoxy groups -OCH3 is 1. The van der Waals surface area contributed by atoms with Gasteiger partial charge in [-0.05, 0) is 5.92 Å². The van der Waals surface area contributed by atoms with Crippen LogP contribution in [-0.2, 0) is 14.4 Å². The monoisotopic (exact) mass is 213 g/mol. The van der Waals surface area contributed by atoms with Gasteiger partial charge >= 0.3 is 5.97 Å². The number of oxime groups is 1. The lowest BCUT2D eigenvalue weighted by Crippen LogP contribution is -2.19. The molecule has 0 saturated carbocycles. The van der Waals surface area contributed by atoms with Gasteiger partial charge in [0.1, 0.15) is 15.2 Å². The van der Waals surface area contributed by atoms with E-state index in [4.69, 9.17) is 0 Å². The van der Waals surface area contributed by atoms with Crippen LogP contribution in [0.5, 0.6) is 0 Å². The molecule has 0 saturated heterocycles. The fraction of sp³-hybridized carbons (Fsp3) is 0.556. The zero-order chi connectivity index (χ0) is 11.2. The largest absolute Gasteiger partial charge is 0.464 e. The summed E-state index contributed by atoms with van der Waals surface area (Å²) >= 11 is 0. The van der Waals surface area contributed by atoms with E-state index >= 15 is 0 Å². The molecular formula is C9H15NO3Si. The Labute approximate surface area is 85.3 Å². The van der Waals surface area contributed by atoms with Crippen molar-refractivity contribution in [3.05, 3.63) is 0 Å². The summed E-state index contributed by atoms with van der Waals surface area (Å²) < 4.78 is 4.49. The van der Waals surface area contributed by atoms with Crippen molar-refractivity contribution in [2.75, 3.05) is 14.2 Å². The first-order chi connectivity index (χ1) is 6.40. The first-order valence-electron chi connectivity index (χ1n) is 4.13. The van der Waals surface area contributed by atoms with E-state index in [2.05, 4.69) is 45.8 Å². The number of nitrogens with zero attached hydrogens (tertiary/aromatic N) is 1. The SMILES string of the molecule is CON=C(C#C[Si](C)(C)C)C(=O)OC. The van der Waals surface area contributed by atoms with Crippen molar-refractivity contribution in [2.24, 2.45) is 5.16 Å². The number of rotatable bonds is 2. The van der Waals surface area contributed by atoms with Crippen LogP contribution in [0.4, 0.5) is 0 Å². The zero-order valence-electron chi connectivity index (χ0n) is 9.17. The summed E-state index contributed by atoms with van der Waals surface area (Å²) in [6.07, 6.45) is 0. The number of hydrogen-bond donors (Lipinski definition) is 0. The van der Waals surface area contributed by atoms with Crippen LogP contribution in [-0.4, -0.2) is 34.0 Å². The molecule has 0 bridgehead atoms. The second kappa shape index (κ2) is 5.45.